The highest BCUT2D eigenvalue weighted by molar-refractivity contribution is 5.89. The van der Waals surface area contributed by atoms with Gasteiger partial charge < -0.3 is 25.7 Å². The average molecular weight is 301 g/mol. The quantitative estimate of drug-likeness (QED) is 0.464. The van der Waals surface area contributed by atoms with E-state index in [1.807, 2.05) is 6.92 Å². The van der Waals surface area contributed by atoms with Crippen molar-refractivity contribution in [2.24, 2.45) is 11.8 Å². The largest absolute Gasteiger partial charge is 0.390 e. The molecule has 3 atom stereocenters. The van der Waals surface area contributed by atoms with E-state index in [2.05, 4.69) is 5.32 Å². The summed E-state index contributed by atoms with van der Waals surface area (Å²) in [5.41, 5.74) is -1.73. The van der Waals surface area contributed by atoms with Crippen LogP contribution in [0.15, 0.2) is 0 Å². The molecule has 1 heterocycles. The van der Waals surface area contributed by atoms with Gasteiger partial charge in [-0.05, 0) is 38.3 Å². The number of carbonyl (C=O) groups excluding carboxylic acids is 1. The van der Waals surface area contributed by atoms with E-state index in [0.29, 0.717) is 6.42 Å². The fraction of sp³-hybridized carbons (Fsp3) is 0.933. The molecule has 21 heavy (non-hydrogen) atoms. The Hall–Kier alpha value is -0.530. The minimum Gasteiger partial charge on any atom is -0.390 e. The maximum absolute atomic E-state index is 12.8. The van der Waals surface area contributed by atoms with Gasteiger partial charge in [-0.3, -0.25) is 4.79 Å². The first-order valence-corrected chi connectivity index (χ1v) is 7.90. The first-order valence-electron chi connectivity index (χ1n) is 7.90. The summed E-state index contributed by atoms with van der Waals surface area (Å²) < 4.78 is 0. The first kappa shape index (κ1) is 16.8. The van der Waals surface area contributed by atoms with E-state index in [9.17, 15) is 25.2 Å². The van der Waals surface area contributed by atoms with Crippen molar-refractivity contribution >= 4 is 5.78 Å². The van der Waals surface area contributed by atoms with Gasteiger partial charge in [0.05, 0.1) is 12.2 Å². The zero-order valence-corrected chi connectivity index (χ0v) is 12.5. The lowest BCUT2D eigenvalue weighted by molar-refractivity contribution is -0.175. The topological polar surface area (TPSA) is 110 Å². The zero-order chi connectivity index (χ0) is 15.6. The van der Waals surface area contributed by atoms with E-state index in [-0.39, 0.29) is 30.5 Å². The molecule has 6 heteroatoms. The number of hydrogen-bond acceptors (Lipinski definition) is 6. The summed E-state index contributed by atoms with van der Waals surface area (Å²) in [4.78, 5) is 12.8. The third kappa shape index (κ3) is 3.46. The molecule has 2 fully saturated rings. The SMILES string of the molecule is CCC(C(=O)C1(O)C[C@@H](O)C(O)[C@H](O)C1)C1CCNCC1. The first-order chi connectivity index (χ1) is 9.89. The Morgan fingerprint density at radius 3 is 2.19 bits per heavy atom. The molecule has 122 valence electrons. The number of aliphatic hydroxyl groups is 4. The van der Waals surface area contributed by atoms with Crippen LogP contribution in [0.1, 0.15) is 39.0 Å². The lowest BCUT2D eigenvalue weighted by Gasteiger charge is -2.42. The third-order valence-corrected chi connectivity index (χ3v) is 5.07. The minimum atomic E-state index is -1.73. The summed E-state index contributed by atoms with van der Waals surface area (Å²) in [5, 5.41) is 43.0. The number of carbonyl (C=O) groups is 1. The number of hydrogen-bond donors (Lipinski definition) is 5. The van der Waals surface area contributed by atoms with Crippen molar-refractivity contribution in [2.45, 2.75) is 62.9 Å². The molecule has 1 aliphatic carbocycles. The Bertz CT molecular complexity index is 357. The van der Waals surface area contributed by atoms with Gasteiger partial charge in [0, 0.05) is 18.8 Å². The molecular formula is C15H27NO5. The van der Waals surface area contributed by atoms with Gasteiger partial charge in [-0.1, -0.05) is 6.92 Å². The average Bonchev–Trinajstić information content (AvgIpc) is 2.46. The van der Waals surface area contributed by atoms with E-state index in [4.69, 9.17) is 0 Å². The van der Waals surface area contributed by atoms with Gasteiger partial charge >= 0.3 is 0 Å². The molecule has 0 aromatic heterocycles. The van der Waals surface area contributed by atoms with Crippen LogP contribution in [0.5, 0.6) is 0 Å². The van der Waals surface area contributed by atoms with Crippen LogP contribution >= 0.6 is 0 Å². The standard InChI is InChI=1S/C15H27NO5/c1-2-10(9-3-5-16-6-4-9)14(20)15(21)7-11(17)13(19)12(18)8-15/h9-13,16-19,21H,2-8H2,1H3/t10?,11-,12-,13?,15?/m1/s1. The van der Waals surface area contributed by atoms with Crippen LogP contribution in [0.25, 0.3) is 0 Å². The van der Waals surface area contributed by atoms with E-state index in [0.717, 1.165) is 25.9 Å². The van der Waals surface area contributed by atoms with E-state index < -0.39 is 23.9 Å². The van der Waals surface area contributed by atoms with E-state index in [1.165, 1.54) is 0 Å². The van der Waals surface area contributed by atoms with Crippen molar-refractivity contribution in [2.75, 3.05) is 13.1 Å². The highest BCUT2D eigenvalue weighted by Gasteiger charge is 2.50. The Labute approximate surface area is 125 Å². The Balaban J connectivity index is 2.12. The second kappa shape index (κ2) is 6.71. The van der Waals surface area contributed by atoms with Crippen molar-refractivity contribution < 1.29 is 25.2 Å². The smallest absolute Gasteiger partial charge is 0.167 e. The zero-order valence-electron chi connectivity index (χ0n) is 12.5. The monoisotopic (exact) mass is 301 g/mol. The molecule has 0 radical (unpaired) electrons. The lowest BCUT2D eigenvalue weighted by Crippen LogP contribution is -2.58. The van der Waals surface area contributed by atoms with Gasteiger partial charge in [0.2, 0.25) is 0 Å². The summed E-state index contributed by atoms with van der Waals surface area (Å²) in [7, 11) is 0. The van der Waals surface area contributed by atoms with Gasteiger partial charge in [-0.25, -0.2) is 0 Å². The predicted molar refractivity (Wildman–Crippen MR) is 76.6 cm³/mol. The number of piperidine rings is 1. The van der Waals surface area contributed by atoms with Gasteiger partial charge in [-0.2, -0.15) is 0 Å². The molecule has 1 unspecified atom stereocenters. The predicted octanol–water partition coefficient (Wildman–Crippen LogP) is -0.811. The fourth-order valence-corrected chi connectivity index (χ4v) is 3.80. The summed E-state index contributed by atoms with van der Waals surface area (Å²) in [6.45, 7) is 3.67. The Morgan fingerprint density at radius 2 is 1.71 bits per heavy atom. The molecule has 0 spiro atoms. The second-order valence-electron chi connectivity index (χ2n) is 6.53. The molecule has 0 bridgehead atoms. The highest BCUT2D eigenvalue weighted by Crippen LogP contribution is 2.36. The number of nitrogens with one attached hydrogen (secondary N) is 1. The lowest BCUT2D eigenvalue weighted by atomic mass is 9.69. The molecule has 1 saturated carbocycles. The highest BCUT2D eigenvalue weighted by atomic mass is 16.4. The van der Waals surface area contributed by atoms with Crippen molar-refractivity contribution in [3.8, 4) is 0 Å². The molecule has 2 aliphatic rings. The van der Waals surface area contributed by atoms with Crippen LogP contribution in [0.4, 0.5) is 0 Å². The normalized spacial score (nSPS) is 40.0. The molecule has 6 nitrogen and oxygen atoms in total. The maximum Gasteiger partial charge on any atom is 0.167 e. The molecule has 0 amide bonds. The molecule has 5 N–H and O–H groups in total. The molecule has 0 aromatic rings. The van der Waals surface area contributed by atoms with Crippen LogP contribution in [-0.4, -0.2) is 63.2 Å². The van der Waals surface area contributed by atoms with E-state index >= 15 is 0 Å². The fourth-order valence-electron chi connectivity index (χ4n) is 3.80. The van der Waals surface area contributed by atoms with Crippen LogP contribution < -0.4 is 5.32 Å². The number of rotatable bonds is 4. The summed E-state index contributed by atoms with van der Waals surface area (Å²) in [6, 6.07) is 0. The molecule has 1 aliphatic heterocycles. The van der Waals surface area contributed by atoms with Gasteiger partial charge in [0.15, 0.2) is 5.78 Å². The van der Waals surface area contributed by atoms with Crippen LogP contribution in [-0.2, 0) is 4.79 Å². The summed E-state index contributed by atoms with van der Waals surface area (Å²) >= 11 is 0. The molecule has 2 rings (SSSR count). The number of aliphatic hydroxyl groups excluding tert-OH is 3. The minimum absolute atomic E-state index is 0.203. The Kier molecular flexibility index (Phi) is 5.38. The third-order valence-electron chi connectivity index (χ3n) is 5.07. The van der Waals surface area contributed by atoms with Crippen LogP contribution in [0, 0.1) is 11.8 Å². The summed E-state index contributed by atoms with van der Waals surface area (Å²) in [6.07, 6.45) is -1.81. The van der Waals surface area contributed by atoms with Crippen molar-refractivity contribution in [1.29, 1.82) is 0 Å². The van der Waals surface area contributed by atoms with Crippen LogP contribution in [0.3, 0.4) is 0 Å². The molecular weight excluding hydrogens is 274 g/mol. The van der Waals surface area contributed by atoms with Crippen LogP contribution in [0.2, 0.25) is 0 Å². The molecule has 1 saturated heterocycles. The Morgan fingerprint density at radius 1 is 1.19 bits per heavy atom. The van der Waals surface area contributed by atoms with Gasteiger partial charge in [-0.15, -0.1) is 0 Å². The van der Waals surface area contributed by atoms with Crippen molar-refractivity contribution in [3.05, 3.63) is 0 Å². The van der Waals surface area contributed by atoms with Gasteiger partial charge in [0.1, 0.15) is 11.7 Å². The summed E-state index contributed by atoms with van der Waals surface area (Å²) in [5.74, 6) is -0.317. The maximum atomic E-state index is 12.8. The van der Waals surface area contributed by atoms with E-state index in [1.54, 1.807) is 0 Å². The number of Topliss-reactive ketones (excluding diaryl/α,β-unsaturated/α-hetero) is 1. The second-order valence-corrected chi connectivity index (χ2v) is 6.53. The number of ketones is 1. The van der Waals surface area contributed by atoms with Gasteiger partial charge in [0.25, 0.3) is 0 Å². The van der Waals surface area contributed by atoms with Crippen molar-refractivity contribution in [1.82, 2.24) is 5.32 Å². The van der Waals surface area contributed by atoms with Crippen molar-refractivity contribution in [3.63, 3.8) is 0 Å². The molecule has 0 aromatic carbocycles.